The third-order valence-electron chi connectivity index (χ3n) is 6.23. The Kier molecular flexibility index (Phi) is 5.54. The number of carbonyl (C=O) groups is 1. The number of hydrogen-bond donors (Lipinski definition) is 1. The van der Waals surface area contributed by atoms with Crippen LogP contribution >= 0.6 is 0 Å². The molecule has 4 aromatic rings. The van der Waals surface area contributed by atoms with E-state index in [1.165, 1.54) is 17.8 Å². The summed E-state index contributed by atoms with van der Waals surface area (Å²) in [5, 5.41) is 11.5. The molecule has 0 spiro atoms. The number of epoxide rings is 1. The molecule has 0 bridgehead atoms. The SMILES string of the molecule is CCOC(=O)C1(c2ncccc2O)OC1c1cccc(-c2cc(C(C)C)cc3cccnc23)c1. The average Bonchev–Trinajstić information content (AvgIpc) is 3.61. The van der Waals surface area contributed by atoms with E-state index in [0.29, 0.717) is 5.92 Å². The first kappa shape index (κ1) is 22.0. The molecule has 6 nitrogen and oxygen atoms in total. The molecule has 3 heterocycles. The van der Waals surface area contributed by atoms with Crippen LogP contribution in [0.3, 0.4) is 0 Å². The van der Waals surface area contributed by atoms with Crippen LogP contribution in [0.5, 0.6) is 5.75 Å². The lowest BCUT2D eigenvalue weighted by molar-refractivity contribution is -0.150. The minimum Gasteiger partial charge on any atom is -0.506 e. The van der Waals surface area contributed by atoms with Crippen LogP contribution in [-0.2, 0) is 19.9 Å². The number of aromatic nitrogens is 2. The van der Waals surface area contributed by atoms with Crippen LogP contribution < -0.4 is 0 Å². The van der Waals surface area contributed by atoms with Crippen molar-refractivity contribution < 1.29 is 19.4 Å². The topological polar surface area (TPSA) is 84.8 Å². The smallest absolute Gasteiger partial charge is 0.348 e. The maximum Gasteiger partial charge on any atom is 0.348 e. The van der Waals surface area contributed by atoms with Gasteiger partial charge >= 0.3 is 5.97 Å². The van der Waals surface area contributed by atoms with E-state index in [9.17, 15) is 9.90 Å². The molecule has 5 rings (SSSR count). The van der Waals surface area contributed by atoms with Crippen molar-refractivity contribution >= 4 is 16.9 Å². The fourth-order valence-corrected chi connectivity index (χ4v) is 4.45. The lowest BCUT2D eigenvalue weighted by atomic mass is 9.91. The summed E-state index contributed by atoms with van der Waals surface area (Å²) in [5.74, 6) is -0.302. The normalized spacial score (nSPS) is 19.4. The quantitative estimate of drug-likeness (QED) is 0.299. The van der Waals surface area contributed by atoms with Gasteiger partial charge in [0.15, 0.2) is 0 Å². The monoisotopic (exact) mass is 454 g/mol. The van der Waals surface area contributed by atoms with Gasteiger partial charge in [-0.2, -0.15) is 0 Å². The summed E-state index contributed by atoms with van der Waals surface area (Å²) in [4.78, 5) is 21.9. The summed E-state index contributed by atoms with van der Waals surface area (Å²) < 4.78 is 11.3. The molecule has 0 radical (unpaired) electrons. The minimum atomic E-state index is -1.47. The van der Waals surface area contributed by atoms with E-state index in [-0.39, 0.29) is 18.1 Å². The Morgan fingerprint density at radius 1 is 1.09 bits per heavy atom. The number of esters is 1. The lowest BCUT2D eigenvalue weighted by Crippen LogP contribution is -2.27. The van der Waals surface area contributed by atoms with E-state index in [1.54, 1.807) is 19.2 Å². The Balaban J connectivity index is 1.61. The van der Waals surface area contributed by atoms with Gasteiger partial charge < -0.3 is 14.6 Å². The lowest BCUT2D eigenvalue weighted by Gasteiger charge is -2.14. The Hall–Kier alpha value is -3.77. The summed E-state index contributed by atoms with van der Waals surface area (Å²) in [6.45, 7) is 6.28. The Labute approximate surface area is 198 Å². The van der Waals surface area contributed by atoms with Crippen LogP contribution in [0.1, 0.15) is 49.6 Å². The van der Waals surface area contributed by atoms with E-state index in [0.717, 1.165) is 27.6 Å². The maximum absolute atomic E-state index is 13.0. The molecular formula is C28H26N2O4. The van der Waals surface area contributed by atoms with Gasteiger partial charge in [0.2, 0.25) is 5.60 Å². The molecule has 1 aliphatic heterocycles. The number of aromatic hydroxyl groups is 1. The van der Waals surface area contributed by atoms with E-state index in [2.05, 4.69) is 42.0 Å². The van der Waals surface area contributed by atoms with Gasteiger partial charge in [0.25, 0.3) is 0 Å². The fourth-order valence-electron chi connectivity index (χ4n) is 4.45. The van der Waals surface area contributed by atoms with Crippen LogP contribution in [-0.4, -0.2) is 27.7 Å². The van der Waals surface area contributed by atoms with Crippen molar-refractivity contribution in [3.8, 4) is 16.9 Å². The highest BCUT2D eigenvalue weighted by Crippen LogP contribution is 2.59. The van der Waals surface area contributed by atoms with E-state index in [4.69, 9.17) is 9.47 Å². The summed E-state index contributed by atoms with van der Waals surface area (Å²) in [7, 11) is 0. The number of nitrogens with zero attached hydrogens (tertiary/aromatic N) is 2. The number of ether oxygens (including phenoxy) is 2. The Bertz CT molecular complexity index is 1380. The Morgan fingerprint density at radius 2 is 1.88 bits per heavy atom. The number of fused-ring (bicyclic) bond motifs is 1. The molecule has 2 aromatic carbocycles. The van der Waals surface area contributed by atoms with Crippen LogP contribution in [0, 0.1) is 0 Å². The van der Waals surface area contributed by atoms with E-state index >= 15 is 0 Å². The van der Waals surface area contributed by atoms with Crippen molar-refractivity contribution in [1.82, 2.24) is 9.97 Å². The molecule has 1 N–H and O–H groups in total. The molecule has 2 aromatic heterocycles. The molecule has 34 heavy (non-hydrogen) atoms. The third kappa shape index (κ3) is 3.60. The zero-order chi connectivity index (χ0) is 23.9. The van der Waals surface area contributed by atoms with Crippen LogP contribution in [0.15, 0.2) is 73.1 Å². The molecule has 2 unspecified atom stereocenters. The van der Waals surface area contributed by atoms with Crippen molar-refractivity contribution in [2.24, 2.45) is 0 Å². The number of carbonyl (C=O) groups excluding carboxylic acids is 1. The highest BCUT2D eigenvalue weighted by molar-refractivity contribution is 5.94. The predicted molar refractivity (Wildman–Crippen MR) is 129 cm³/mol. The second-order valence-electron chi connectivity index (χ2n) is 8.75. The van der Waals surface area contributed by atoms with Gasteiger partial charge in [0.05, 0.1) is 12.1 Å². The van der Waals surface area contributed by atoms with Gasteiger partial charge in [-0.05, 0) is 65.9 Å². The van der Waals surface area contributed by atoms with Crippen LogP contribution in [0.2, 0.25) is 0 Å². The first-order valence-corrected chi connectivity index (χ1v) is 11.4. The molecule has 0 saturated carbocycles. The van der Waals surface area contributed by atoms with E-state index in [1.807, 2.05) is 30.3 Å². The fraction of sp³-hybridized carbons (Fsp3) is 0.250. The summed E-state index contributed by atoms with van der Waals surface area (Å²) in [6.07, 6.45) is 2.70. The molecule has 2 atom stereocenters. The number of rotatable bonds is 6. The van der Waals surface area contributed by atoms with Crippen molar-refractivity contribution in [2.45, 2.75) is 38.4 Å². The maximum atomic E-state index is 13.0. The Morgan fingerprint density at radius 3 is 2.65 bits per heavy atom. The largest absolute Gasteiger partial charge is 0.506 e. The minimum absolute atomic E-state index is 0.103. The zero-order valence-electron chi connectivity index (χ0n) is 19.4. The molecule has 1 aliphatic rings. The van der Waals surface area contributed by atoms with Gasteiger partial charge in [-0.25, -0.2) is 4.79 Å². The van der Waals surface area contributed by atoms with Gasteiger partial charge in [0.1, 0.15) is 17.5 Å². The highest BCUT2D eigenvalue weighted by atomic mass is 16.7. The first-order chi connectivity index (χ1) is 16.5. The van der Waals surface area contributed by atoms with Gasteiger partial charge in [0, 0.05) is 23.3 Å². The summed E-state index contributed by atoms with van der Waals surface area (Å²) in [5.41, 5.74) is 3.63. The van der Waals surface area contributed by atoms with Gasteiger partial charge in [-0.15, -0.1) is 0 Å². The van der Waals surface area contributed by atoms with Crippen molar-refractivity contribution in [3.05, 3.63) is 89.9 Å². The molecule has 172 valence electrons. The van der Waals surface area contributed by atoms with Crippen molar-refractivity contribution in [3.63, 3.8) is 0 Å². The number of benzene rings is 2. The van der Waals surface area contributed by atoms with Gasteiger partial charge in [-0.3, -0.25) is 9.97 Å². The molecule has 1 saturated heterocycles. The van der Waals surface area contributed by atoms with Crippen molar-refractivity contribution in [2.75, 3.05) is 6.61 Å². The predicted octanol–water partition coefficient (Wildman–Crippen LogP) is 5.66. The van der Waals surface area contributed by atoms with Gasteiger partial charge in [-0.1, -0.05) is 38.1 Å². The average molecular weight is 455 g/mol. The summed E-state index contributed by atoms with van der Waals surface area (Å²) >= 11 is 0. The second-order valence-corrected chi connectivity index (χ2v) is 8.75. The first-order valence-electron chi connectivity index (χ1n) is 11.4. The van der Waals surface area contributed by atoms with Crippen molar-refractivity contribution in [1.29, 1.82) is 0 Å². The zero-order valence-corrected chi connectivity index (χ0v) is 19.4. The van der Waals surface area contributed by atoms with Crippen LogP contribution in [0.4, 0.5) is 0 Å². The number of hydrogen-bond acceptors (Lipinski definition) is 6. The molecule has 1 fully saturated rings. The standard InChI is InChI=1S/C28H26N2O4/c1-4-33-27(32)28(25-23(31)11-7-13-30-25)26(34-28)20-9-5-8-18(14-20)22-16-21(17(2)3)15-19-10-6-12-29-24(19)22/h5-17,26,31H,4H2,1-3H3. The molecule has 0 aliphatic carbocycles. The van der Waals surface area contributed by atoms with E-state index < -0.39 is 17.7 Å². The highest BCUT2D eigenvalue weighted by Gasteiger charge is 2.68. The molecule has 0 amide bonds. The number of pyridine rings is 2. The third-order valence-corrected chi connectivity index (χ3v) is 6.23. The molecule has 6 heteroatoms. The second kappa shape index (κ2) is 8.54. The van der Waals surface area contributed by atoms with Crippen LogP contribution in [0.25, 0.3) is 22.0 Å². The molecular weight excluding hydrogens is 428 g/mol. The summed E-state index contributed by atoms with van der Waals surface area (Å²) in [6, 6.07) is 19.4.